The fourth-order valence-electron chi connectivity index (χ4n) is 3.53. The number of benzene rings is 1. The van der Waals surface area contributed by atoms with Gasteiger partial charge in [0, 0.05) is 32.0 Å². The second kappa shape index (κ2) is 7.25. The van der Waals surface area contributed by atoms with Crippen LogP contribution in [0.15, 0.2) is 30.3 Å². The maximum atomic E-state index is 12.5. The Morgan fingerprint density at radius 1 is 1.20 bits per heavy atom. The van der Waals surface area contributed by atoms with Gasteiger partial charge in [-0.15, -0.1) is 0 Å². The molecule has 1 unspecified atom stereocenters. The lowest BCUT2D eigenvalue weighted by Crippen LogP contribution is -2.38. The maximum absolute atomic E-state index is 12.5. The van der Waals surface area contributed by atoms with E-state index in [4.69, 9.17) is 0 Å². The lowest BCUT2D eigenvalue weighted by molar-refractivity contribution is -0.129. The Kier molecular flexibility index (Phi) is 5.06. The highest BCUT2D eigenvalue weighted by Crippen LogP contribution is 2.24. The molecule has 0 aliphatic carbocycles. The first-order valence-electron chi connectivity index (χ1n) is 8.93. The molecule has 0 saturated carbocycles. The highest BCUT2D eigenvalue weighted by molar-refractivity contribution is 6.04. The van der Waals surface area contributed by atoms with Crippen LogP contribution in [-0.2, 0) is 16.1 Å². The van der Waals surface area contributed by atoms with Crippen LogP contribution in [0.5, 0.6) is 0 Å². The predicted molar refractivity (Wildman–Crippen MR) is 93.5 cm³/mol. The van der Waals surface area contributed by atoms with Crippen LogP contribution in [0.2, 0.25) is 0 Å². The number of amides is 4. The van der Waals surface area contributed by atoms with Crippen molar-refractivity contribution in [1.29, 1.82) is 0 Å². The van der Waals surface area contributed by atoms with Gasteiger partial charge in [-0.25, -0.2) is 4.79 Å². The second-order valence-corrected chi connectivity index (χ2v) is 7.09. The van der Waals surface area contributed by atoms with Crippen molar-refractivity contribution in [3.8, 4) is 0 Å². The molecule has 1 aromatic carbocycles. The third-order valence-corrected chi connectivity index (χ3v) is 5.22. The van der Waals surface area contributed by atoms with Gasteiger partial charge in [-0.3, -0.25) is 14.5 Å². The smallest absolute Gasteiger partial charge is 0.324 e. The number of nitrogens with one attached hydrogen (secondary N) is 1. The Morgan fingerprint density at radius 3 is 2.60 bits per heavy atom. The van der Waals surface area contributed by atoms with Gasteiger partial charge in [0.15, 0.2) is 0 Å². The number of carbonyl (C=O) groups excluding carboxylic acids is 3. The number of likely N-dealkylation sites (tertiary alicyclic amines) is 1. The van der Waals surface area contributed by atoms with Crippen LogP contribution in [0.25, 0.3) is 0 Å². The molecular weight excluding hydrogens is 318 g/mol. The molecule has 25 heavy (non-hydrogen) atoms. The van der Waals surface area contributed by atoms with Gasteiger partial charge in [-0.1, -0.05) is 50.6 Å². The molecule has 0 bridgehead atoms. The van der Waals surface area contributed by atoms with E-state index >= 15 is 0 Å². The van der Waals surface area contributed by atoms with Crippen molar-refractivity contribution < 1.29 is 14.4 Å². The normalized spacial score (nSPS) is 24.8. The van der Waals surface area contributed by atoms with Crippen molar-refractivity contribution in [2.24, 2.45) is 11.8 Å². The predicted octanol–water partition coefficient (Wildman–Crippen LogP) is 2.00. The number of hydrogen-bond donors (Lipinski definition) is 1. The molecule has 2 heterocycles. The lowest BCUT2D eigenvalue weighted by atomic mass is 9.99. The molecule has 3 atom stereocenters. The first-order chi connectivity index (χ1) is 12.0. The minimum absolute atomic E-state index is 0.00148. The zero-order valence-electron chi connectivity index (χ0n) is 14.8. The zero-order chi connectivity index (χ0) is 18.0. The minimum Gasteiger partial charge on any atom is -0.338 e. The zero-order valence-corrected chi connectivity index (χ0v) is 14.8. The summed E-state index contributed by atoms with van der Waals surface area (Å²) in [5, 5.41) is 2.78. The summed E-state index contributed by atoms with van der Waals surface area (Å²) in [6.45, 7) is 5.44. The van der Waals surface area contributed by atoms with E-state index in [1.54, 1.807) is 0 Å². The molecule has 1 N–H and O–H groups in total. The summed E-state index contributed by atoms with van der Waals surface area (Å²) in [6, 6.07) is 9.08. The molecule has 6 heteroatoms. The summed E-state index contributed by atoms with van der Waals surface area (Å²) >= 11 is 0. The molecule has 6 nitrogen and oxygen atoms in total. The van der Waals surface area contributed by atoms with Gasteiger partial charge >= 0.3 is 6.03 Å². The van der Waals surface area contributed by atoms with Gasteiger partial charge in [0.25, 0.3) is 5.91 Å². The van der Waals surface area contributed by atoms with Crippen LogP contribution < -0.4 is 5.32 Å². The molecular formula is C19H25N3O3. The van der Waals surface area contributed by atoms with Crippen molar-refractivity contribution in [2.75, 3.05) is 13.1 Å². The summed E-state index contributed by atoms with van der Waals surface area (Å²) in [6.07, 6.45) is 1.22. The number of urea groups is 1. The summed E-state index contributed by atoms with van der Waals surface area (Å²) < 4.78 is 0. The summed E-state index contributed by atoms with van der Waals surface area (Å²) in [5.41, 5.74) is 1.09. The molecule has 0 aromatic heterocycles. The van der Waals surface area contributed by atoms with Crippen molar-refractivity contribution >= 4 is 17.8 Å². The quantitative estimate of drug-likeness (QED) is 0.803. The molecule has 2 aliphatic heterocycles. The summed E-state index contributed by atoms with van der Waals surface area (Å²) in [7, 11) is 0. The Hall–Kier alpha value is -2.37. The average molecular weight is 343 g/mol. The van der Waals surface area contributed by atoms with Crippen molar-refractivity contribution in [3.63, 3.8) is 0 Å². The van der Waals surface area contributed by atoms with E-state index < -0.39 is 6.04 Å². The third-order valence-electron chi connectivity index (χ3n) is 5.22. The van der Waals surface area contributed by atoms with E-state index in [2.05, 4.69) is 5.32 Å². The molecule has 4 amide bonds. The van der Waals surface area contributed by atoms with Gasteiger partial charge in [0.05, 0.1) is 0 Å². The topological polar surface area (TPSA) is 69.7 Å². The highest BCUT2D eigenvalue weighted by Gasteiger charge is 2.42. The molecule has 134 valence electrons. The van der Waals surface area contributed by atoms with Gasteiger partial charge in [0.1, 0.15) is 6.04 Å². The van der Waals surface area contributed by atoms with Crippen LogP contribution in [0.4, 0.5) is 4.79 Å². The van der Waals surface area contributed by atoms with E-state index in [-0.39, 0.29) is 29.7 Å². The second-order valence-electron chi connectivity index (χ2n) is 7.09. The van der Waals surface area contributed by atoms with E-state index in [1.165, 1.54) is 4.90 Å². The minimum atomic E-state index is -0.435. The van der Waals surface area contributed by atoms with Crippen molar-refractivity contribution in [1.82, 2.24) is 15.1 Å². The van der Waals surface area contributed by atoms with Crippen LogP contribution in [0.1, 0.15) is 32.3 Å². The van der Waals surface area contributed by atoms with E-state index in [0.29, 0.717) is 26.1 Å². The van der Waals surface area contributed by atoms with Gasteiger partial charge in [-0.2, -0.15) is 0 Å². The lowest BCUT2D eigenvalue weighted by Gasteiger charge is -2.20. The van der Waals surface area contributed by atoms with Gasteiger partial charge in [-0.05, 0) is 11.5 Å². The Bertz CT molecular complexity index is 661. The first kappa shape index (κ1) is 17.5. The average Bonchev–Trinajstić information content (AvgIpc) is 3.09. The van der Waals surface area contributed by atoms with Crippen molar-refractivity contribution in [3.05, 3.63) is 35.9 Å². The van der Waals surface area contributed by atoms with E-state index in [0.717, 1.165) is 12.0 Å². The van der Waals surface area contributed by atoms with E-state index in [1.807, 2.05) is 49.1 Å². The molecule has 2 aliphatic rings. The number of carbonyl (C=O) groups is 3. The molecule has 0 spiro atoms. The summed E-state index contributed by atoms with van der Waals surface area (Å²) in [4.78, 5) is 40.0. The molecule has 0 radical (unpaired) electrons. The fraction of sp³-hybridized carbons (Fsp3) is 0.526. The largest absolute Gasteiger partial charge is 0.338 e. The van der Waals surface area contributed by atoms with Crippen LogP contribution in [0.3, 0.4) is 0 Å². The first-order valence-corrected chi connectivity index (χ1v) is 8.93. The summed E-state index contributed by atoms with van der Waals surface area (Å²) in [5.74, 6) is 0.0375. The van der Waals surface area contributed by atoms with E-state index in [9.17, 15) is 14.4 Å². The monoisotopic (exact) mass is 343 g/mol. The molecule has 2 saturated heterocycles. The van der Waals surface area contributed by atoms with Crippen LogP contribution >= 0.6 is 0 Å². The van der Waals surface area contributed by atoms with Crippen LogP contribution in [0, 0.1) is 11.8 Å². The van der Waals surface area contributed by atoms with Gasteiger partial charge in [0.2, 0.25) is 5.91 Å². The molecule has 1 aromatic rings. The third kappa shape index (κ3) is 3.67. The number of rotatable bonds is 6. The molecule has 2 fully saturated rings. The standard InChI is InChI=1S/C19H25N3O3/c1-3-13(2)17-18(24)22(19(25)20-17)12-15-9-16(23)21(11-15)10-14-7-5-4-6-8-14/h4-8,13,15,17H,3,9-12H2,1-2H3,(H,20,25)/t13-,15?,17-/m0/s1. The van der Waals surface area contributed by atoms with Gasteiger partial charge < -0.3 is 10.2 Å². The Labute approximate surface area is 148 Å². The highest BCUT2D eigenvalue weighted by atomic mass is 16.2. The number of imide groups is 1. The Morgan fingerprint density at radius 2 is 1.92 bits per heavy atom. The Balaban J connectivity index is 1.60. The molecule has 3 rings (SSSR count). The number of hydrogen-bond acceptors (Lipinski definition) is 3. The maximum Gasteiger partial charge on any atom is 0.324 e. The number of nitrogens with zero attached hydrogens (tertiary/aromatic N) is 2. The SMILES string of the molecule is CC[C@H](C)[C@@H]1NC(=O)N(CC2CC(=O)N(Cc3ccccc3)C2)C1=O. The van der Waals surface area contributed by atoms with Crippen molar-refractivity contribution in [2.45, 2.75) is 39.3 Å². The van der Waals surface area contributed by atoms with Crippen LogP contribution in [-0.4, -0.2) is 46.8 Å². The fourth-order valence-corrected chi connectivity index (χ4v) is 3.53.